The van der Waals surface area contributed by atoms with Crippen LogP contribution in [0, 0.1) is 12.8 Å². The van der Waals surface area contributed by atoms with E-state index in [0.29, 0.717) is 0 Å². The summed E-state index contributed by atoms with van der Waals surface area (Å²) in [5, 5.41) is 0. The Morgan fingerprint density at radius 3 is 2.45 bits per heavy atom. The van der Waals surface area contributed by atoms with E-state index in [2.05, 4.69) is 4.98 Å². The second-order valence-electron chi connectivity index (χ2n) is 4.47. The van der Waals surface area contributed by atoms with Gasteiger partial charge in [0.05, 0.1) is 6.61 Å². The first-order chi connectivity index (χ1) is 9.49. The van der Waals surface area contributed by atoms with Gasteiger partial charge in [-0.25, -0.2) is 0 Å². The summed E-state index contributed by atoms with van der Waals surface area (Å²) in [6, 6.07) is 3.36. The van der Waals surface area contributed by atoms with Crippen molar-refractivity contribution >= 4 is 17.5 Å². The molecule has 0 spiro atoms. The number of aromatic nitrogens is 1. The van der Waals surface area contributed by atoms with Crippen molar-refractivity contribution in [3.05, 3.63) is 29.6 Å². The molecule has 1 aromatic rings. The molecule has 20 heavy (non-hydrogen) atoms. The lowest BCUT2D eigenvalue weighted by molar-refractivity contribution is -0.151. The lowest BCUT2D eigenvalue weighted by Gasteiger charge is -2.12. The molecular weight excluding hydrogens is 258 g/mol. The third-order valence-electron chi connectivity index (χ3n) is 2.89. The number of hydrogen-bond acceptors (Lipinski definition) is 5. The summed E-state index contributed by atoms with van der Waals surface area (Å²) in [5.74, 6) is -2.29. The van der Waals surface area contributed by atoms with Gasteiger partial charge in [-0.05, 0) is 25.5 Å². The first-order valence-corrected chi connectivity index (χ1v) is 6.64. The lowest BCUT2D eigenvalue weighted by Crippen LogP contribution is -2.28. The third kappa shape index (κ3) is 4.26. The molecule has 0 saturated carbocycles. The Morgan fingerprint density at radius 2 is 1.95 bits per heavy atom. The molecule has 0 aliphatic heterocycles. The fourth-order valence-corrected chi connectivity index (χ4v) is 1.74. The number of aryl methyl sites for hydroxylation is 1. The molecule has 5 nitrogen and oxygen atoms in total. The summed E-state index contributed by atoms with van der Waals surface area (Å²) >= 11 is 0. The Hall–Kier alpha value is -2.04. The molecule has 0 N–H and O–H groups in total. The molecule has 0 aliphatic rings. The van der Waals surface area contributed by atoms with Crippen LogP contribution in [0.3, 0.4) is 0 Å². The monoisotopic (exact) mass is 277 g/mol. The van der Waals surface area contributed by atoms with Crippen molar-refractivity contribution in [2.75, 3.05) is 6.61 Å². The average molecular weight is 277 g/mol. The minimum Gasteiger partial charge on any atom is -0.465 e. The summed E-state index contributed by atoms with van der Waals surface area (Å²) in [5.41, 5.74) is 1.20. The van der Waals surface area contributed by atoms with E-state index in [1.165, 1.54) is 0 Å². The van der Waals surface area contributed by atoms with Crippen LogP contribution in [-0.4, -0.2) is 29.1 Å². The van der Waals surface area contributed by atoms with E-state index in [0.717, 1.165) is 5.56 Å². The van der Waals surface area contributed by atoms with E-state index >= 15 is 0 Å². The second-order valence-corrected chi connectivity index (χ2v) is 4.47. The van der Waals surface area contributed by atoms with Gasteiger partial charge in [0.25, 0.3) is 0 Å². The average Bonchev–Trinajstić information content (AvgIpc) is 2.44. The highest BCUT2D eigenvalue weighted by molar-refractivity contribution is 6.05. The maximum absolute atomic E-state index is 12.1. The van der Waals surface area contributed by atoms with Gasteiger partial charge in [-0.2, -0.15) is 0 Å². The van der Waals surface area contributed by atoms with Crippen LogP contribution < -0.4 is 0 Å². The Kier molecular flexibility index (Phi) is 6.03. The molecule has 1 heterocycles. The zero-order chi connectivity index (χ0) is 15.1. The van der Waals surface area contributed by atoms with Gasteiger partial charge >= 0.3 is 5.97 Å². The standard InChI is InChI=1S/C15H19NO4/c1-4-13(17)11(15(19)20-5-2)8-14(18)12-7-6-10(3)9-16-12/h6-7,9,11H,4-5,8H2,1-3H3. The van der Waals surface area contributed by atoms with E-state index in [9.17, 15) is 14.4 Å². The number of nitrogens with zero attached hydrogens (tertiary/aromatic N) is 1. The van der Waals surface area contributed by atoms with Crippen LogP contribution >= 0.6 is 0 Å². The van der Waals surface area contributed by atoms with Gasteiger partial charge < -0.3 is 4.74 Å². The van der Waals surface area contributed by atoms with Gasteiger partial charge in [0.1, 0.15) is 17.4 Å². The first kappa shape index (κ1) is 16.0. The maximum atomic E-state index is 12.1. The largest absolute Gasteiger partial charge is 0.465 e. The molecule has 0 aliphatic carbocycles. The molecule has 1 rings (SSSR count). The Bertz CT molecular complexity index is 493. The van der Waals surface area contributed by atoms with Gasteiger partial charge in [0.15, 0.2) is 5.78 Å². The SMILES string of the molecule is CCOC(=O)C(CC(=O)c1ccc(C)cn1)C(=O)CC. The topological polar surface area (TPSA) is 73.3 Å². The van der Waals surface area contributed by atoms with Crippen molar-refractivity contribution in [1.82, 2.24) is 4.98 Å². The van der Waals surface area contributed by atoms with Crippen molar-refractivity contribution in [3.63, 3.8) is 0 Å². The van der Waals surface area contributed by atoms with Crippen LogP contribution in [0.25, 0.3) is 0 Å². The van der Waals surface area contributed by atoms with Gasteiger partial charge in [-0.3, -0.25) is 19.4 Å². The minimum absolute atomic E-state index is 0.184. The van der Waals surface area contributed by atoms with Crippen molar-refractivity contribution in [2.45, 2.75) is 33.6 Å². The quantitative estimate of drug-likeness (QED) is 0.433. The number of ketones is 2. The lowest BCUT2D eigenvalue weighted by atomic mass is 9.95. The van der Waals surface area contributed by atoms with Crippen molar-refractivity contribution in [2.24, 2.45) is 5.92 Å². The number of carbonyl (C=O) groups excluding carboxylic acids is 3. The highest BCUT2D eigenvalue weighted by atomic mass is 16.5. The van der Waals surface area contributed by atoms with Crippen LogP contribution in [0.1, 0.15) is 42.7 Å². The normalized spacial score (nSPS) is 11.8. The van der Waals surface area contributed by atoms with Crippen LogP contribution in [0.4, 0.5) is 0 Å². The minimum atomic E-state index is -1.03. The van der Waals surface area contributed by atoms with E-state index in [4.69, 9.17) is 4.74 Å². The number of Topliss-reactive ketones (excluding diaryl/α,β-unsaturated/α-hetero) is 2. The molecule has 1 atom stereocenters. The van der Waals surface area contributed by atoms with Crippen LogP contribution in [-0.2, 0) is 14.3 Å². The molecule has 108 valence electrons. The Morgan fingerprint density at radius 1 is 1.25 bits per heavy atom. The molecule has 0 radical (unpaired) electrons. The zero-order valence-corrected chi connectivity index (χ0v) is 12.0. The summed E-state index contributed by atoms with van der Waals surface area (Å²) in [4.78, 5) is 39.6. The number of rotatable bonds is 7. The highest BCUT2D eigenvalue weighted by Gasteiger charge is 2.29. The number of esters is 1. The summed E-state index contributed by atoms with van der Waals surface area (Å²) in [6.45, 7) is 5.37. The van der Waals surface area contributed by atoms with Gasteiger partial charge in [-0.15, -0.1) is 0 Å². The molecule has 5 heteroatoms. The van der Waals surface area contributed by atoms with E-state index in [1.807, 2.05) is 6.92 Å². The number of pyridine rings is 1. The first-order valence-electron chi connectivity index (χ1n) is 6.64. The third-order valence-corrected chi connectivity index (χ3v) is 2.89. The summed E-state index contributed by atoms with van der Waals surface area (Å²) in [7, 11) is 0. The zero-order valence-electron chi connectivity index (χ0n) is 12.0. The van der Waals surface area contributed by atoms with Crippen LogP contribution in [0.15, 0.2) is 18.3 Å². The number of hydrogen-bond donors (Lipinski definition) is 0. The second kappa shape index (κ2) is 7.53. The fourth-order valence-electron chi connectivity index (χ4n) is 1.74. The summed E-state index contributed by atoms with van der Waals surface area (Å²) in [6.07, 6.45) is 1.58. The Balaban J connectivity index is 2.83. The maximum Gasteiger partial charge on any atom is 0.316 e. The fraction of sp³-hybridized carbons (Fsp3) is 0.467. The molecule has 1 aromatic heterocycles. The van der Waals surface area contributed by atoms with E-state index in [1.54, 1.807) is 32.2 Å². The highest BCUT2D eigenvalue weighted by Crippen LogP contribution is 2.14. The molecule has 0 fully saturated rings. The van der Waals surface area contributed by atoms with Gasteiger partial charge in [0.2, 0.25) is 0 Å². The van der Waals surface area contributed by atoms with E-state index in [-0.39, 0.29) is 36.7 Å². The number of ether oxygens (including phenoxy) is 1. The smallest absolute Gasteiger partial charge is 0.316 e. The van der Waals surface area contributed by atoms with Crippen molar-refractivity contribution in [3.8, 4) is 0 Å². The molecule has 0 saturated heterocycles. The predicted octanol–water partition coefficient (Wildman–Crippen LogP) is 2.12. The Labute approximate surface area is 118 Å². The van der Waals surface area contributed by atoms with Crippen molar-refractivity contribution < 1.29 is 19.1 Å². The molecular formula is C15H19NO4. The molecule has 0 amide bonds. The van der Waals surface area contributed by atoms with Crippen LogP contribution in [0.5, 0.6) is 0 Å². The van der Waals surface area contributed by atoms with Crippen molar-refractivity contribution in [1.29, 1.82) is 0 Å². The molecule has 0 bridgehead atoms. The predicted molar refractivity (Wildman–Crippen MR) is 73.3 cm³/mol. The summed E-state index contributed by atoms with van der Waals surface area (Å²) < 4.78 is 4.85. The van der Waals surface area contributed by atoms with Crippen LogP contribution in [0.2, 0.25) is 0 Å². The number of carbonyl (C=O) groups is 3. The molecule has 1 unspecified atom stereocenters. The van der Waals surface area contributed by atoms with Gasteiger partial charge in [-0.1, -0.05) is 13.0 Å². The van der Waals surface area contributed by atoms with E-state index < -0.39 is 11.9 Å². The van der Waals surface area contributed by atoms with Gasteiger partial charge in [0, 0.05) is 19.0 Å². The molecule has 0 aromatic carbocycles.